The SMILES string of the molecule is COc1cc2oc3c(c2cc1/C(C)=C/C(=O)Nc1nc(C)cs1)CCCC3. The Morgan fingerprint density at radius 1 is 1.33 bits per heavy atom. The number of fused-ring (bicyclic) bond motifs is 3. The lowest BCUT2D eigenvalue weighted by Gasteiger charge is -2.11. The van der Waals surface area contributed by atoms with E-state index >= 15 is 0 Å². The summed E-state index contributed by atoms with van der Waals surface area (Å²) in [6, 6.07) is 4.02. The van der Waals surface area contributed by atoms with Crippen LogP contribution in [-0.2, 0) is 17.6 Å². The molecule has 1 aliphatic carbocycles. The van der Waals surface area contributed by atoms with E-state index in [4.69, 9.17) is 9.15 Å². The van der Waals surface area contributed by atoms with Crippen LogP contribution in [0, 0.1) is 6.92 Å². The fourth-order valence-electron chi connectivity index (χ4n) is 3.59. The summed E-state index contributed by atoms with van der Waals surface area (Å²) in [5.41, 5.74) is 4.80. The molecule has 0 saturated heterocycles. The molecule has 27 heavy (non-hydrogen) atoms. The van der Waals surface area contributed by atoms with E-state index in [1.54, 1.807) is 13.2 Å². The van der Waals surface area contributed by atoms with Gasteiger partial charge in [0.2, 0.25) is 5.91 Å². The quantitative estimate of drug-likeness (QED) is 0.636. The minimum atomic E-state index is -0.196. The van der Waals surface area contributed by atoms with E-state index in [9.17, 15) is 4.79 Å². The average molecular weight is 382 g/mol. The number of rotatable bonds is 4. The van der Waals surface area contributed by atoms with Gasteiger partial charge in [-0.15, -0.1) is 11.3 Å². The van der Waals surface area contributed by atoms with Crippen LogP contribution in [0.4, 0.5) is 5.13 Å². The average Bonchev–Trinajstić information content (AvgIpc) is 3.22. The molecule has 0 aliphatic heterocycles. The van der Waals surface area contributed by atoms with Gasteiger partial charge in [-0.05, 0) is 44.7 Å². The first kappa shape index (κ1) is 17.8. The maximum Gasteiger partial charge on any atom is 0.250 e. The number of allylic oxidation sites excluding steroid dienone is 1. The van der Waals surface area contributed by atoms with Gasteiger partial charge in [-0.2, -0.15) is 0 Å². The monoisotopic (exact) mass is 382 g/mol. The van der Waals surface area contributed by atoms with Crippen molar-refractivity contribution in [1.29, 1.82) is 0 Å². The summed E-state index contributed by atoms with van der Waals surface area (Å²) < 4.78 is 11.6. The molecule has 5 nitrogen and oxygen atoms in total. The van der Waals surface area contributed by atoms with Crippen molar-refractivity contribution in [2.24, 2.45) is 0 Å². The second-order valence-electron chi connectivity index (χ2n) is 6.87. The Hall–Kier alpha value is -2.60. The molecule has 2 heterocycles. The van der Waals surface area contributed by atoms with Crippen LogP contribution >= 0.6 is 11.3 Å². The molecule has 3 aromatic rings. The van der Waals surface area contributed by atoms with E-state index in [0.717, 1.165) is 46.4 Å². The number of benzene rings is 1. The molecule has 0 saturated carbocycles. The molecule has 0 bridgehead atoms. The Balaban J connectivity index is 1.69. The smallest absolute Gasteiger partial charge is 0.250 e. The van der Waals surface area contributed by atoms with Gasteiger partial charge in [0.05, 0.1) is 12.8 Å². The van der Waals surface area contributed by atoms with Crippen LogP contribution in [0.5, 0.6) is 5.75 Å². The zero-order valence-corrected chi connectivity index (χ0v) is 16.5. The first-order chi connectivity index (χ1) is 13.0. The van der Waals surface area contributed by atoms with E-state index < -0.39 is 0 Å². The maximum absolute atomic E-state index is 12.4. The second kappa shape index (κ2) is 7.19. The molecule has 0 radical (unpaired) electrons. The number of carbonyl (C=O) groups excluding carboxylic acids is 1. The molecular weight excluding hydrogens is 360 g/mol. The Labute approximate surface area is 162 Å². The third-order valence-electron chi connectivity index (χ3n) is 4.90. The standard InChI is InChI=1S/C21H22N2O3S/c1-12(8-20(24)23-21-22-13(2)11-27-21)15-9-16-14-6-4-5-7-17(14)26-19(16)10-18(15)25-3/h8-11H,4-7H2,1-3H3,(H,22,23,24)/b12-8+. The number of aryl methyl sites for hydroxylation is 3. The Morgan fingerprint density at radius 2 is 2.15 bits per heavy atom. The van der Waals surface area contributed by atoms with E-state index in [2.05, 4.69) is 16.4 Å². The fraction of sp³-hybridized carbons (Fsp3) is 0.333. The lowest BCUT2D eigenvalue weighted by molar-refractivity contribution is -0.111. The minimum Gasteiger partial charge on any atom is -0.496 e. The molecule has 0 spiro atoms. The fourth-order valence-corrected chi connectivity index (χ4v) is 4.28. The van der Waals surface area contributed by atoms with Gasteiger partial charge in [0.15, 0.2) is 5.13 Å². The van der Waals surface area contributed by atoms with Gasteiger partial charge in [-0.3, -0.25) is 10.1 Å². The number of methoxy groups -OCH3 is 1. The van der Waals surface area contributed by atoms with Gasteiger partial charge in [0, 0.05) is 40.5 Å². The van der Waals surface area contributed by atoms with E-state index in [1.165, 1.54) is 29.7 Å². The number of aromatic nitrogens is 1. The van der Waals surface area contributed by atoms with Gasteiger partial charge in [0.1, 0.15) is 17.1 Å². The summed E-state index contributed by atoms with van der Waals surface area (Å²) in [4.78, 5) is 16.6. The third-order valence-corrected chi connectivity index (χ3v) is 5.77. The summed E-state index contributed by atoms with van der Waals surface area (Å²) in [5.74, 6) is 1.60. The van der Waals surface area contributed by atoms with Crippen molar-refractivity contribution in [2.75, 3.05) is 12.4 Å². The molecule has 1 aliphatic rings. The van der Waals surface area contributed by atoms with Gasteiger partial charge >= 0.3 is 0 Å². The highest BCUT2D eigenvalue weighted by Gasteiger charge is 2.20. The molecule has 1 amide bonds. The summed E-state index contributed by atoms with van der Waals surface area (Å²) in [5, 5.41) is 6.46. The van der Waals surface area contributed by atoms with Crippen LogP contribution in [0.2, 0.25) is 0 Å². The molecule has 2 aromatic heterocycles. The lowest BCUT2D eigenvalue weighted by Crippen LogP contribution is -2.08. The van der Waals surface area contributed by atoms with Crippen molar-refractivity contribution in [3.63, 3.8) is 0 Å². The van der Waals surface area contributed by atoms with Gasteiger partial charge in [-0.1, -0.05) is 0 Å². The molecule has 0 unspecified atom stereocenters. The van der Waals surface area contributed by atoms with Crippen molar-refractivity contribution in [1.82, 2.24) is 4.98 Å². The number of carbonyl (C=O) groups is 1. The normalized spacial score (nSPS) is 14.3. The molecule has 6 heteroatoms. The van der Waals surface area contributed by atoms with Gasteiger partial charge < -0.3 is 9.15 Å². The number of ether oxygens (including phenoxy) is 1. The third kappa shape index (κ3) is 3.49. The van der Waals surface area contributed by atoms with E-state index in [1.807, 2.05) is 25.3 Å². The highest BCUT2D eigenvalue weighted by Crippen LogP contribution is 2.37. The molecular formula is C21H22N2O3S. The maximum atomic E-state index is 12.4. The van der Waals surface area contributed by atoms with Crippen molar-refractivity contribution in [2.45, 2.75) is 39.5 Å². The van der Waals surface area contributed by atoms with Crippen LogP contribution in [0.1, 0.15) is 42.3 Å². The number of amides is 1. The highest BCUT2D eigenvalue weighted by molar-refractivity contribution is 7.13. The Kier molecular flexibility index (Phi) is 4.74. The first-order valence-electron chi connectivity index (χ1n) is 9.09. The predicted molar refractivity (Wildman–Crippen MR) is 109 cm³/mol. The number of nitrogens with zero attached hydrogens (tertiary/aromatic N) is 1. The molecule has 1 N–H and O–H groups in total. The zero-order chi connectivity index (χ0) is 19.0. The molecule has 0 atom stereocenters. The van der Waals surface area contributed by atoms with E-state index in [0.29, 0.717) is 10.9 Å². The second-order valence-corrected chi connectivity index (χ2v) is 7.73. The topological polar surface area (TPSA) is 64.4 Å². The Morgan fingerprint density at radius 3 is 2.89 bits per heavy atom. The molecule has 4 rings (SSSR count). The van der Waals surface area contributed by atoms with Crippen LogP contribution < -0.4 is 10.1 Å². The molecule has 1 aromatic carbocycles. The number of furan rings is 1. The lowest BCUT2D eigenvalue weighted by atomic mass is 9.94. The summed E-state index contributed by atoms with van der Waals surface area (Å²) >= 11 is 1.42. The number of hydrogen-bond acceptors (Lipinski definition) is 5. The largest absolute Gasteiger partial charge is 0.496 e. The van der Waals surface area contributed by atoms with E-state index in [-0.39, 0.29) is 5.91 Å². The van der Waals surface area contributed by atoms with Crippen LogP contribution in [-0.4, -0.2) is 18.0 Å². The number of anilines is 1. The summed E-state index contributed by atoms with van der Waals surface area (Å²) in [6.45, 7) is 3.82. The minimum absolute atomic E-state index is 0.196. The summed E-state index contributed by atoms with van der Waals surface area (Å²) in [7, 11) is 1.64. The van der Waals surface area contributed by atoms with Crippen molar-refractivity contribution >= 4 is 38.9 Å². The zero-order valence-electron chi connectivity index (χ0n) is 15.7. The van der Waals surface area contributed by atoms with Gasteiger partial charge in [0.25, 0.3) is 0 Å². The predicted octanol–water partition coefficient (Wildman–Crippen LogP) is 5.13. The van der Waals surface area contributed by atoms with Crippen molar-refractivity contribution in [3.05, 3.63) is 46.2 Å². The highest BCUT2D eigenvalue weighted by atomic mass is 32.1. The van der Waals surface area contributed by atoms with Crippen LogP contribution in [0.15, 0.2) is 28.0 Å². The number of nitrogens with one attached hydrogen (secondary N) is 1. The molecule has 140 valence electrons. The Bertz CT molecular complexity index is 1050. The first-order valence-corrected chi connectivity index (χ1v) is 9.97. The van der Waals surface area contributed by atoms with Crippen LogP contribution in [0.25, 0.3) is 16.5 Å². The number of thiazole rings is 1. The molecule has 0 fully saturated rings. The number of hydrogen-bond donors (Lipinski definition) is 1. The van der Waals surface area contributed by atoms with Crippen LogP contribution in [0.3, 0.4) is 0 Å². The van der Waals surface area contributed by atoms with Gasteiger partial charge in [-0.25, -0.2) is 4.98 Å². The summed E-state index contributed by atoms with van der Waals surface area (Å²) in [6.07, 6.45) is 5.99. The van der Waals surface area contributed by atoms with Crippen molar-refractivity contribution < 1.29 is 13.9 Å². The van der Waals surface area contributed by atoms with Crippen molar-refractivity contribution in [3.8, 4) is 5.75 Å².